The molecule has 1 aliphatic heterocycles. The average Bonchev–Trinajstić information content (AvgIpc) is 2.68. The van der Waals surface area contributed by atoms with E-state index in [1.165, 1.54) is 5.56 Å². The van der Waals surface area contributed by atoms with Crippen LogP contribution >= 0.6 is 0 Å². The molecule has 0 aliphatic carbocycles. The topological polar surface area (TPSA) is 54.2 Å². The molecule has 1 atom stereocenters. The molecule has 1 unspecified atom stereocenters. The third-order valence-electron chi connectivity index (χ3n) is 4.72. The van der Waals surface area contributed by atoms with Crippen LogP contribution in [0.2, 0.25) is 0 Å². The Morgan fingerprint density at radius 1 is 1.19 bits per heavy atom. The van der Waals surface area contributed by atoms with E-state index in [2.05, 4.69) is 42.3 Å². The standard InChI is InChI=1S/C23H26N2O2/c1-3-21(17-8-5-4-6-9-17)25-20-11-7-10-19(15-24-16-20)18-12-13-22(26)23(14-18)27-2/h4-6,8-10,12-15,21,26H,3,7,11,16H2,1-2H3/b19-10+,24-15?,25-20?. The fourth-order valence-corrected chi connectivity index (χ4v) is 3.23. The molecule has 0 amide bonds. The summed E-state index contributed by atoms with van der Waals surface area (Å²) in [6.07, 6.45) is 6.86. The largest absolute Gasteiger partial charge is 0.504 e. The summed E-state index contributed by atoms with van der Waals surface area (Å²) in [5, 5.41) is 9.78. The van der Waals surface area contributed by atoms with Gasteiger partial charge in [0.25, 0.3) is 0 Å². The van der Waals surface area contributed by atoms with Gasteiger partial charge >= 0.3 is 0 Å². The van der Waals surface area contributed by atoms with E-state index in [1.807, 2.05) is 24.4 Å². The molecular weight excluding hydrogens is 336 g/mol. The Hall–Kier alpha value is -2.88. The predicted octanol–water partition coefficient (Wildman–Crippen LogP) is 5.24. The van der Waals surface area contributed by atoms with Gasteiger partial charge in [0.1, 0.15) is 0 Å². The van der Waals surface area contributed by atoms with Gasteiger partial charge in [-0.3, -0.25) is 9.98 Å². The smallest absolute Gasteiger partial charge is 0.161 e. The van der Waals surface area contributed by atoms with Gasteiger partial charge in [-0.2, -0.15) is 0 Å². The van der Waals surface area contributed by atoms with Crippen LogP contribution in [0.25, 0.3) is 5.57 Å². The van der Waals surface area contributed by atoms with E-state index < -0.39 is 0 Å². The highest BCUT2D eigenvalue weighted by atomic mass is 16.5. The van der Waals surface area contributed by atoms with E-state index in [9.17, 15) is 5.11 Å². The second-order valence-electron chi connectivity index (χ2n) is 6.58. The minimum absolute atomic E-state index is 0.144. The Balaban J connectivity index is 1.75. The molecule has 0 radical (unpaired) electrons. The molecular formula is C23H26N2O2. The zero-order chi connectivity index (χ0) is 19.1. The van der Waals surface area contributed by atoms with Crippen LogP contribution in [0.3, 0.4) is 0 Å². The molecule has 4 nitrogen and oxygen atoms in total. The van der Waals surface area contributed by atoms with Crippen molar-refractivity contribution in [2.24, 2.45) is 9.98 Å². The second-order valence-corrected chi connectivity index (χ2v) is 6.58. The van der Waals surface area contributed by atoms with Crippen molar-refractivity contribution in [3.8, 4) is 11.5 Å². The number of nitrogens with zero attached hydrogens (tertiary/aromatic N) is 2. The molecule has 2 aromatic carbocycles. The molecule has 27 heavy (non-hydrogen) atoms. The van der Waals surface area contributed by atoms with Gasteiger partial charge in [0.05, 0.1) is 19.7 Å². The third kappa shape index (κ3) is 4.85. The Morgan fingerprint density at radius 3 is 2.74 bits per heavy atom. The van der Waals surface area contributed by atoms with E-state index in [-0.39, 0.29) is 11.8 Å². The Labute approximate surface area is 161 Å². The third-order valence-corrected chi connectivity index (χ3v) is 4.72. The molecule has 0 spiro atoms. The molecule has 0 bridgehead atoms. The van der Waals surface area contributed by atoms with E-state index in [0.29, 0.717) is 12.3 Å². The van der Waals surface area contributed by atoms with E-state index in [0.717, 1.165) is 36.1 Å². The quantitative estimate of drug-likeness (QED) is 0.791. The van der Waals surface area contributed by atoms with E-state index >= 15 is 0 Å². The minimum Gasteiger partial charge on any atom is -0.504 e. The van der Waals surface area contributed by atoms with Gasteiger partial charge in [-0.05, 0) is 48.1 Å². The lowest BCUT2D eigenvalue weighted by molar-refractivity contribution is 0.373. The van der Waals surface area contributed by atoms with Crippen molar-refractivity contribution >= 4 is 17.5 Å². The number of benzene rings is 2. The van der Waals surface area contributed by atoms with Crippen LogP contribution in [0.5, 0.6) is 11.5 Å². The lowest BCUT2D eigenvalue weighted by Crippen LogP contribution is -2.09. The SMILES string of the molecule is CCC(N=C1CC/C=C(/c2ccc(O)c(OC)c2)C=NC1)c1ccccc1. The molecule has 140 valence electrons. The molecule has 2 aromatic rings. The lowest BCUT2D eigenvalue weighted by atomic mass is 10.0. The van der Waals surface area contributed by atoms with Crippen LogP contribution in [0, 0.1) is 0 Å². The first-order chi connectivity index (χ1) is 13.2. The highest BCUT2D eigenvalue weighted by molar-refractivity contribution is 6.11. The number of rotatable bonds is 5. The van der Waals surface area contributed by atoms with Crippen molar-refractivity contribution in [1.29, 1.82) is 0 Å². The summed E-state index contributed by atoms with van der Waals surface area (Å²) < 4.78 is 5.21. The van der Waals surface area contributed by atoms with Gasteiger partial charge < -0.3 is 9.84 Å². The van der Waals surface area contributed by atoms with E-state index in [1.54, 1.807) is 13.2 Å². The van der Waals surface area contributed by atoms with Crippen LogP contribution in [-0.2, 0) is 0 Å². The Bertz CT molecular complexity index is 854. The average molecular weight is 362 g/mol. The number of hydrogen-bond acceptors (Lipinski definition) is 4. The van der Waals surface area contributed by atoms with Crippen molar-refractivity contribution in [2.75, 3.05) is 13.7 Å². The predicted molar refractivity (Wildman–Crippen MR) is 112 cm³/mol. The fourth-order valence-electron chi connectivity index (χ4n) is 3.23. The highest BCUT2D eigenvalue weighted by Gasteiger charge is 2.11. The maximum absolute atomic E-state index is 9.78. The summed E-state index contributed by atoms with van der Waals surface area (Å²) in [5.74, 6) is 0.616. The first-order valence-electron chi connectivity index (χ1n) is 9.39. The maximum atomic E-state index is 9.78. The van der Waals surface area contributed by atoms with Crippen molar-refractivity contribution in [2.45, 2.75) is 32.2 Å². The first kappa shape index (κ1) is 18.9. The first-order valence-corrected chi connectivity index (χ1v) is 9.39. The number of ether oxygens (including phenoxy) is 1. The molecule has 1 heterocycles. The number of aromatic hydroxyl groups is 1. The number of aliphatic imine (C=N–C) groups is 2. The van der Waals surface area contributed by atoms with Gasteiger partial charge in [0, 0.05) is 11.9 Å². The maximum Gasteiger partial charge on any atom is 0.161 e. The van der Waals surface area contributed by atoms with Gasteiger partial charge in [-0.15, -0.1) is 0 Å². The monoisotopic (exact) mass is 362 g/mol. The summed E-state index contributed by atoms with van der Waals surface area (Å²) in [6.45, 7) is 2.79. The fraction of sp³-hybridized carbons (Fsp3) is 0.304. The lowest BCUT2D eigenvalue weighted by Gasteiger charge is -2.15. The molecule has 1 N–H and O–H groups in total. The summed E-state index contributed by atoms with van der Waals surface area (Å²) >= 11 is 0. The molecule has 0 aromatic heterocycles. The highest BCUT2D eigenvalue weighted by Crippen LogP contribution is 2.29. The van der Waals surface area contributed by atoms with Crippen molar-refractivity contribution in [3.05, 3.63) is 65.7 Å². The number of phenols is 1. The molecule has 0 saturated carbocycles. The van der Waals surface area contributed by atoms with Crippen molar-refractivity contribution in [3.63, 3.8) is 0 Å². The van der Waals surface area contributed by atoms with Crippen molar-refractivity contribution < 1.29 is 9.84 Å². The zero-order valence-electron chi connectivity index (χ0n) is 15.9. The van der Waals surface area contributed by atoms with Gasteiger partial charge in [0.15, 0.2) is 11.5 Å². The van der Waals surface area contributed by atoms with E-state index in [4.69, 9.17) is 9.73 Å². The van der Waals surface area contributed by atoms with Gasteiger partial charge in [0.2, 0.25) is 0 Å². The van der Waals surface area contributed by atoms with Crippen LogP contribution in [-0.4, -0.2) is 30.7 Å². The van der Waals surface area contributed by atoms with Gasteiger partial charge in [-0.25, -0.2) is 0 Å². The minimum atomic E-state index is 0.144. The Morgan fingerprint density at radius 2 is 2.00 bits per heavy atom. The number of allylic oxidation sites excluding steroid dienone is 2. The molecule has 1 aliphatic rings. The summed E-state index contributed by atoms with van der Waals surface area (Å²) in [5.41, 5.74) is 4.43. The zero-order valence-corrected chi connectivity index (χ0v) is 15.9. The molecule has 4 heteroatoms. The van der Waals surface area contributed by atoms with Gasteiger partial charge in [-0.1, -0.05) is 49.4 Å². The van der Waals surface area contributed by atoms with Crippen LogP contribution in [0.4, 0.5) is 0 Å². The molecule has 0 fully saturated rings. The summed E-state index contributed by atoms with van der Waals surface area (Å²) in [4.78, 5) is 9.58. The summed E-state index contributed by atoms with van der Waals surface area (Å²) in [6, 6.07) is 16.0. The second kappa shape index (κ2) is 9.17. The molecule has 0 saturated heterocycles. The van der Waals surface area contributed by atoms with Crippen LogP contribution in [0.15, 0.2) is 64.6 Å². The van der Waals surface area contributed by atoms with Crippen molar-refractivity contribution in [1.82, 2.24) is 0 Å². The number of methoxy groups -OCH3 is 1. The number of phenolic OH excluding ortho intramolecular Hbond substituents is 1. The summed E-state index contributed by atoms with van der Waals surface area (Å²) in [7, 11) is 1.55. The number of hydrogen-bond donors (Lipinski definition) is 1. The normalized spacial score (nSPS) is 19.0. The van der Waals surface area contributed by atoms with Crippen LogP contribution < -0.4 is 4.74 Å². The molecule has 3 rings (SSSR count). The van der Waals surface area contributed by atoms with Crippen LogP contribution in [0.1, 0.15) is 43.4 Å². The Kier molecular flexibility index (Phi) is 6.42.